The maximum Gasteiger partial charge on any atom is 0.334 e. The predicted octanol–water partition coefficient (Wildman–Crippen LogP) is 0.507. The molecule has 1 heterocycles. The summed E-state index contributed by atoms with van der Waals surface area (Å²) in [6, 6.07) is -0.291. The summed E-state index contributed by atoms with van der Waals surface area (Å²) >= 11 is 0. The molecule has 0 aromatic rings. The van der Waals surface area contributed by atoms with Crippen LogP contribution in [0.25, 0.3) is 10.4 Å². The van der Waals surface area contributed by atoms with Gasteiger partial charge in [-0.15, -0.1) is 0 Å². The predicted molar refractivity (Wildman–Crippen MR) is 36.3 cm³/mol. The number of hydrogen-bond acceptors (Lipinski definition) is 4. The van der Waals surface area contributed by atoms with Crippen LogP contribution in [-0.2, 0) is 9.63 Å². The standard InChI is InChI=1S/C5H8N4O2/c6-8-9-11-5(10)4-2-1-3-7-4/h4,7H,1-3H2/t4-/m1/s1. The van der Waals surface area contributed by atoms with Gasteiger partial charge >= 0.3 is 5.97 Å². The number of rotatable bonds is 2. The van der Waals surface area contributed by atoms with Crippen LogP contribution in [0, 0.1) is 0 Å². The number of azide groups is 1. The molecule has 1 aliphatic rings. The Bertz CT molecular complexity index is 193. The number of carbonyl (C=O) groups is 1. The van der Waals surface area contributed by atoms with Crippen LogP contribution in [0.15, 0.2) is 5.28 Å². The Morgan fingerprint density at radius 1 is 1.82 bits per heavy atom. The zero-order valence-electron chi connectivity index (χ0n) is 5.86. The molecule has 1 saturated heterocycles. The van der Waals surface area contributed by atoms with Crippen LogP contribution in [0.5, 0.6) is 0 Å². The first kappa shape index (κ1) is 7.84. The molecule has 1 aliphatic heterocycles. The van der Waals surface area contributed by atoms with E-state index in [4.69, 9.17) is 5.53 Å². The van der Waals surface area contributed by atoms with Crippen LogP contribution in [0.1, 0.15) is 12.8 Å². The summed E-state index contributed by atoms with van der Waals surface area (Å²) in [5.74, 6) is -0.500. The number of nitrogens with zero attached hydrogens (tertiary/aromatic N) is 3. The molecular formula is C5H8N4O2. The second kappa shape index (κ2) is 3.80. The molecule has 0 amide bonds. The van der Waals surface area contributed by atoms with Crippen LogP contribution < -0.4 is 5.32 Å². The molecule has 1 atom stereocenters. The lowest BCUT2D eigenvalue weighted by Gasteiger charge is -2.03. The van der Waals surface area contributed by atoms with Crippen molar-refractivity contribution in [2.24, 2.45) is 5.28 Å². The average Bonchev–Trinajstić information content (AvgIpc) is 2.52. The summed E-state index contributed by atoms with van der Waals surface area (Å²) < 4.78 is 0. The highest BCUT2D eigenvalue weighted by atomic mass is 16.7. The van der Waals surface area contributed by atoms with Crippen molar-refractivity contribution in [3.05, 3.63) is 10.4 Å². The molecule has 6 nitrogen and oxygen atoms in total. The molecule has 0 bridgehead atoms. The second-order valence-corrected chi connectivity index (χ2v) is 2.23. The number of hydrogen-bond donors (Lipinski definition) is 1. The van der Waals surface area contributed by atoms with Gasteiger partial charge in [0.15, 0.2) is 0 Å². The van der Waals surface area contributed by atoms with E-state index in [2.05, 4.69) is 20.3 Å². The zero-order valence-corrected chi connectivity index (χ0v) is 5.86. The normalized spacial score (nSPS) is 22.4. The van der Waals surface area contributed by atoms with Gasteiger partial charge in [0, 0.05) is 4.91 Å². The summed E-state index contributed by atoms with van der Waals surface area (Å²) in [4.78, 5) is 17.3. The minimum atomic E-state index is -0.500. The fourth-order valence-corrected chi connectivity index (χ4v) is 1.01. The van der Waals surface area contributed by atoms with E-state index in [9.17, 15) is 4.79 Å². The van der Waals surface area contributed by atoms with Gasteiger partial charge in [-0.1, -0.05) is 0 Å². The van der Waals surface area contributed by atoms with Crippen molar-refractivity contribution in [3.63, 3.8) is 0 Å². The summed E-state index contributed by atoms with van der Waals surface area (Å²) in [7, 11) is 0. The van der Waals surface area contributed by atoms with Gasteiger partial charge in [0.05, 0.1) is 0 Å². The highest BCUT2D eigenvalue weighted by Crippen LogP contribution is 2.06. The first-order valence-corrected chi connectivity index (χ1v) is 3.33. The Hall–Kier alpha value is -1.26. The molecule has 0 aliphatic carbocycles. The van der Waals surface area contributed by atoms with Crippen LogP contribution in [0.4, 0.5) is 0 Å². The SMILES string of the molecule is [N-]=[N+]=NOC(=O)[C@H]1CCCN1. The van der Waals surface area contributed by atoms with Crippen molar-refractivity contribution >= 4 is 5.97 Å². The molecule has 1 rings (SSSR count). The van der Waals surface area contributed by atoms with E-state index in [0.717, 1.165) is 19.4 Å². The van der Waals surface area contributed by atoms with Gasteiger partial charge in [-0.05, 0) is 24.9 Å². The number of nitrogens with one attached hydrogen (secondary N) is 1. The molecule has 6 heteroatoms. The molecule has 0 unspecified atom stereocenters. The molecule has 60 valence electrons. The minimum Gasteiger partial charge on any atom is -0.357 e. The smallest absolute Gasteiger partial charge is 0.334 e. The Morgan fingerprint density at radius 3 is 3.18 bits per heavy atom. The van der Waals surface area contributed by atoms with Crippen molar-refractivity contribution < 1.29 is 9.63 Å². The van der Waals surface area contributed by atoms with E-state index >= 15 is 0 Å². The molecule has 0 aromatic heterocycles. The third-order valence-corrected chi connectivity index (χ3v) is 1.51. The van der Waals surface area contributed by atoms with Gasteiger partial charge in [-0.2, -0.15) is 0 Å². The van der Waals surface area contributed by atoms with Gasteiger partial charge in [0.1, 0.15) is 11.3 Å². The fourth-order valence-electron chi connectivity index (χ4n) is 1.01. The quantitative estimate of drug-likeness (QED) is 0.273. The molecule has 0 aromatic carbocycles. The summed E-state index contributed by atoms with van der Waals surface area (Å²) in [6.07, 6.45) is 1.70. The van der Waals surface area contributed by atoms with Crippen LogP contribution in [-0.4, -0.2) is 18.6 Å². The van der Waals surface area contributed by atoms with Crippen LogP contribution >= 0.6 is 0 Å². The summed E-state index contributed by atoms with van der Waals surface area (Å²) in [5.41, 5.74) is 7.82. The van der Waals surface area contributed by atoms with Crippen LogP contribution in [0.2, 0.25) is 0 Å². The molecule has 1 N–H and O–H groups in total. The van der Waals surface area contributed by atoms with Gasteiger partial charge in [-0.25, -0.2) is 4.79 Å². The summed E-state index contributed by atoms with van der Waals surface area (Å²) in [6.45, 7) is 0.816. The topological polar surface area (TPSA) is 87.1 Å². The monoisotopic (exact) mass is 156 g/mol. The highest BCUT2D eigenvalue weighted by molar-refractivity contribution is 5.75. The van der Waals surface area contributed by atoms with Gasteiger partial charge in [-0.3, -0.25) is 0 Å². The maximum atomic E-state index is 10.9. The van der Waals surface area contributed by atoms with E-state index in [0.29, 0.717) is 0 Å². The third kappa shape index (κ3) is 2.10. The van der Waals surface area contributed by atoms with Crippen molar-refractivity contribution in [1.82, 2.24) is 5.32 Å². The average molecular weight is 156 g/mol. The van der Waals surface area contributed by atoms with Crippen molar-refractivity contribution in [1.29, 1.82) is 0 Å². The van der Waals surface area contributed by atoms with Crippen molar-refractivity contribution in [2.45, 2.75) is 18.9 Å². The Labute approximate surface area is 63.1 Å². The number of carbonyl (C=O) groups excluding carboxylic acids is 1. The molecule has 0 saturated carbocycles. The van der Waals surface area contributed by atoms with Crippen molar-refractivity contribution in [3.8, 4) is 0 Å². The highest BCUT2D eigenvalue weighted by Gasteiger charge is 2.22. The molecule has 11 heavy (non-hydrogen) atoms. The lowest BCUT2D eigenvalue weighted by Crippen LogP contribution is -2.31. The van der Waals surface area contributed by atoms with E-state index < -0.39 is 5.97 Å². The zero-order chi connectivity index (χ0) is 8.10. The van der Waals surface area contributed by atoms with Crippen molar-refractivity contribution in [2.75, 3.05) is 6.54 Å². The minimum absolute atomic E-state index is 0.291. The first-order valence-electron chi connectivity index (χ1n) is 3.33. The van der Waals surface area contributed by atoms with E-state index in [1.807, 2.05) is 0 Å². The van der Waals surface area contributed by atoms with E-state index in [-0.39, 0.29) is 6.04 Å². The van der Waals surface area contributed by atoms with Gasteiger partial charge in [0.2, 0.25) is 0 Å². The molecular weight excluding hydrogens is 148 g/mol. The lowest BCUT2D eigenvalue weighted by atomic mass is 10.2. The van der Waals surface area contributed by atoms with E-state index in [1.54, 1.807) is 0 Å². The Morgan fingerprint density at radius 2 is 2.64 bits per heavy atom. The second-order valence-electron chi connectivity index (χ2n) is 2.23. The van der Waals surface area contributed by atoms with Gasteiger partial charge < -0.3 is 10.2 Å². The first-order chi connectivity index (χ1) is 5.34. The van der Waals surface area contributed by atoms with Gasteiger partial charge in [0.25, 0.3) is 0 Å². The van der Waals surface area contributed by atoms with E-state index in [1.165, 1.54) is 0 Å². The largest absolute Gasteiger partial charge is 0.357 e. The van der Waals surface area contributed by atoms with Crippen LogP contribution in [0.3, 0.4) is 0 Å². The fraction of sp³-hybridized carbons (Fsp3) is 0.800. The molecule has 1 fully saturated rings. The Kier molecular flexibility index (Phi) is 2.71. The Balaban J connectivity index is 2.34. The maximum absolute atomic E-state index is 10.9. The molecule has 0 spiro atoms. The molecule has 0 radical (unpaired) electrons. The summed E-state index contributed by atoms with van der Waals surface area (Å²) in [5, 5.41) is 5.61. The lowest BCUT2D eigenvalue weighted by molar-refractivity contribution is -0.146. The third-order valence-electron chi connectivity index (χ3n) is 1.51.